The van der Waals surface area contributed by atoms with Crippen LogP contribution < -0.4 is 5.32 Å². The molecule has 0 radical (unpaired) electrons. The fraction of sp³-hybridized carbons (Fsp3) is 0.118. The van der Waals surface area contributed by atoms with Gasteiger partial charge >= 0.3 is 0 Å². The molecule has 5 nitrogen and oxygen atoms in total. The molecule has 0 saturated carbocycles. The van der Waals surface area contributed by atoms with E-state index < -0.39 is 0 Å². The lowest BCUT2D eigenvalue weighted by molar-refractivity contribution is 0.0950. The Bertz CT molecular complexity index is 766. The molecule has 5 heteroatoms. The van der Waals surface area contributed by atoms with Crippen molar-refractivity contribution in [1.29, 1.82) is 0 Å². The van der Waals surface area contributed by atoms with Gasteiger partial charge < -0.3 is 5.32 Å². The lowest BCUT2D eigenvalue weighted by atomic mass is 10.2. The molecule has 3 aromatic rings. The van der Waals surface area contributed by atoms with Crippen LogP contribution in [0.5, 0.6) is 0 Å². The molecule has 1 N–H and O–H groups in total. The Hall–Kier alpha value is -2.95. The highest BCUT2D eigenvalue weighted by molar-refractivity contribution is 5.94. The molecule has 22 heavy (non-hydrogen) atoms. The van der Waals surface area contributed by atoms with Gasteiger partial charge in [0.1, 0.15) is 0 Å². The van der Waals surface area contributed by atoms with E-state index >= 15 is 0 Å². The van der Waals surface area contributed by atoms with Crippen LogP contribution in [-0.4, -0.2) is 20.7 Å². The highest BCUT2D eigenvalue weighted by atomic mass is 16.1. The third kappa shape index (κ3) is 3.03. The lowest BCUT2D eigenvalue weighted by Crippen LogP contribution is -2.23. The first-order valence-corrected chi connectivity index (χ1v) is 7.00. The maximum absolute atomic E-state index is 12.1. The molecule has 2 aromatic heterocycles. The van der Waals surface area contributed by atoms with E-state index in [4.69, 9.17) is 0 Å². The Kier molecular flexibility index (Phi) is 3.96. The molecule has 0 aliphatic rings. The van der Waals surface area contributed by atoms with Gasteiger partial charge in [-0.15, -0.1) is 0 Å². The van der Waals surface area contributed by atoms with Crippen LogP contribution in [-0.2, 0) is 13.6 Å². The number of aryl methyl sites for hydroxylation is 1. The summed E-state index contributed by atoms with van der Waals surface area (Å²) >= 11 is 0. The maximum Gasteiger partial charge on any atom is 0.251 e. The number of nitrogens with zero attached hydrogens (tertiary/aromatic N) is 3. The molecule has 0 aliphatic heterocycles. The fourth-order valence-corrected chi connectivity index (χ4v) is 2.20. The third-order valence-corrected chi connectivity index (χ3v) is 3.42. The van der Waals surface area contributed by atoms with Crippen molar-refractivity contribution >= 4 is 5.91 Å². The maximum atomic E-state index is 12.1. The van der Waals surface area contributed by atoms with Gasteiger partial charge in [0.2, 0.25) is 0 Å². The fourth-order valence-electron chi connectivity index (χ4n) is 2.20. The normalized spacial score (nSPS) is 10.4. The molecular weight excluding hydrogens is 276 g/mol. The molecule has 0 fully saturated rings. The van der Waals surface area contributed by atoms with Crippen molar-refractivity contribution in [1.82, 2.24) is 20.1 Å². The van der Waals surface area contributed by atoms with Crippen LogP contribution in [0.2, 0.25) is 0 Å². The van der Waals surface area contributed by atoms with Crippen LogP contribution in [0.4, 0.5) is 0 Å². The van der Waals surface area contributed by atoms with Gasteiger partial charge in [0, 0.05) is 30.6 Å². The average molecular weight is 292 g/mol. The molecular formula is C17H16N4O. The Morgan fingerprint density at radius 1 is 1.14 bits per heavy atom. The van der Waals surface area contributed by atoms with Crippen molar-refractivity contribution in [2.24, 2.45) is 7.05 Å². The zero-order valence-electron chi connectivity index (χ0n) is 12.2. The van der Waals surface area contributed by atoms with Gasteiger partial charge in [0.25, 0.3) is 5.91 Å². The first kappa shape index (κ1) is 14.0. The van der Waals surface area contributed by atoms with E-state index in [1.54, 1.807) is 29.2 Å². The Labute approximate surface area is 128 Å². The third-order valence-electron chi connectivity index (χ3n) is 3.42. The minimum Gasteiger partial charge on any atom is -0.346 e. The minimum absolute atomic E-state index is 0.0905. The summed E-state index contributed by atoms with van der Waals surface area (Å²) in [4.78, 5) is 16.1. The second-order valence-corrected chi connectivity index (χ2v) is 4.93. The van der Waals surface area contributed by atoms with Crippen LogP contribution >= 0.6 is 0 Å². The first-order chi connectivity index (χ1) is 10.7. The molecule has 0 atom stereocenters. The summed E-state index contributed by atoms with van der Waals surface area (Å²) in [6, 6.07) is 15.0. The summed E-state index contributed by atoms with van der Waals surface area (Å²) < 4.78 is 1.78. The van der Waals surface area contributed by atoms with Crippen molar-refractivity contribution < 1.29 is 4.79 Å². The molecule has 0 saturated heterocycles. The van der Waals surface area contributed by atoms with Crippen molar-refractivity contribution in [2.45, 2.75) is 6.54 Å². The van der Waals surface area contributed by atoms with Crippen molar-refractivity contribution in [2.75, 3.05) is 0 Å². The van der Waals surface area contributed by atoms with E-state index in [0.717, 1.165) is 17.0 Å². The summed E-state index contributed by atoms with van der Waals surface area (Å²) in [7, 11) is 1.87. The minimum atomic E-state index is -0.0905. The van der Waals surface area contributed by atoms with Crippen LogP contribution in [0, 0.1) is 0 Å². The molecule has 0 bridgehead atoms. The van der Waals surface area contributed by atoms with Crippen molar-refractivity contribution in [3.8, 4) is 11.3 Å². The largest absolute Gasteiger partial charge is 0.346 e. The number of carbonyl (C=O) groups is 1. The first-order valence-electron chi connectivity index (χ1n) is 7.00. The molecule has 0 spiro atoms. The van der Waals surface area contributed by atoms with Gasteiger partial charge in [-0.1, -0.05) is 18.2 Å². The topological polar surface area (TPSA) is 59.8 Å². The SMILES string of the molecule is Cn1nc(-c2ccncc2)cc1CNC(=O)c1ccccc1. The smallest absolute Gasteiger partial charge is 0.251 e. The Balaban J connectivity index is 1.71. The zero-order valence-corrected chi connectivity index (χ0v) is 12.2. The Morgan fingerprint density at radius 2 is 1.86 bits per heavy atom. The zero-order chi connectivity index (χ0) is 15.4. The van der Waals surface area contributed by atoms with E-state index in [-0.39, 0.29) is 5.91 Å². The average Bonchev–Trinajstić information content (AvgIpc) is 2.95. The molecule has 1 aromatic carbocycles. The molecule has 2 heterocycles. The predicted molar refractivity (Wildman–Crippen MR) is 84.1 cm³/mol. The number of aromatic nitrogens is 3. The number of carbonyl (C=O) groups excluding carboxylic acids is 1. The van der Waals surface area contributed by atoms with E-state index in [1.165, 1.54) is 0 Å². The van der Waals surface area contributed by atoms with E-state index in [0.29, 0.717) is 12.1 Å². The van der Waals surface area contributed by atoms with E-state index in [1.807, 2.05) is 43.4 Å². The van der Waals surface area contributed by atoms with Gasteiger partial charge in [-0.2, -0.15) is 5.10 Å². The lowest BCUT2D eigenvalue weighted by Gasteiger charge is -2.05. The van der Waals surface area contributed by atoms with Gasteiger partial charge in [-0.3, -0.25) is 14.5 Å². The second-order valence-electron chi connectivity index (χ2n) is 4.93. The summed E-state index contributed by atoms with van der Waals surface area (Å²) in [5.74, 6) is -0.0905. The molecule has 0 unspecified atom stereocenters. The van der Waals surface area contributed by atoms with Gasteiger partial charge in [0.15, 0.2) is 0 Å². The predicted octanol–water partition coefficient (Wildman–Crippen LogP) is 2.41. The number of hydrogen-bond acceptors (Lipinski definition) is 3. The van der Waals surface area contributed by atoms with Crippen LogP contribution in [0.25, 0.3) is 11.3 Å². The molecule has 110 valence electrons. The van der Waals surface area contributed by atoms with Gasteiger partial charge in [-0.05, 0) is 30.3 Å². The van der Waals surface area contributed by atoms with Crippen LogP contribution in [0.3, 0.4) is 0 Å². The molecule has 3 rings (SSSR count). The number of rotatable bonds is 4. The quantitative estimate of drug-likeness (QED) is 0.803. The number of nitrogens with one attached hydrogen (secondary N) is 1. The summed E-state index contributed by atoms with van der Waals surface area (Å²) in [6.45, 7) is 0.433. The van der Waals surface area contributed by atoms with Crippen LogP contribution in [0.15, 0.2) is 60.9 Å². The monoisotopic (exact) mass is 292 g/mol. The highest BCUT2D eigenvalue weighted by Gasteiger charge is 2.09. The van der Waals surface area contributed by atoms with Crippen LogP contribution in [0.1, 0.15) is 16.1 Å². The summed E-state index contributed by atoms with van der Waals surface area (Å²) in [5.41, 5.74) is 3.47. The number of benzene rings is 1. The molecule has 0 aliphatic carbocycles. The van der Waals surface area contributed by atoms with Gasteiger partial charge in [0.05, 0.1) is 17.9 Å². The van der Waals surface area contributed by atoms with Crippen molar-refractivity contribution in [3.05, 3.63) is 72.2 Å². The summed E-state index contributed by atoms with van der Waals surface area (Å²) in [6.07, 6.45) is 3.47. The summed E-state index contributed by atoms with van der Waals surface area (Å²) in [5, 5.41) is 7.38. The van der Waals surface area contributed by atoms with E-state index in [9.17, 15) is 4.79 Å². The standard InChI is InChI=1S/C17H16N4O/c1-21-15(11-16(20-21)13-7-9-18-10-8-13)12-19-17(22)14-5-3-2-4-6-14/h2-11H,12H2,1H3,(H,19,22). The van der Waals surface area contributed by atoms with Crippen molar-refractivity contribution in [3.63, 3.8) is 0 Å². The van der Waals surface area contributed by atoms with E-state index in [2.05, 4.69) is 15.4 Å². The number of amides is 1. The molecule has 1 amide bonds. The number of hydrogen-bond donors (Lipinski definition) is 1. The highest BCUT2D eigenvalue weighted by Crippen LogP contribution is 2.17. The number of pyridine rings is 1. The van der Waals surface area contributed by atoms with Gasteiger partial charge in [-0.25, -0.2) is 0 Å². The second kappa shape index (κ2) is 6.22. The Morgan fingerprint density at radius 3 is 2.59 bits per heavy atom.